The zero-order chi connectivity index (χ0) is 19.0. The number of amides is 1. The van der Waals surface area contributed by atoms with Gasteiger partial charge in [-0.05, 0) is 58.9 Å². The van der Waals surface area contributed by atoms with Crippen molar-refractivity contribution in [3.05, 3.63) is 44.3 Å². The minimum absolute atomic E-state index is 0.0987. The van der Waals surface area contributed by atoms with Gasteiger partial charge in [-0.15, -0.1) is 11.3 Å². The van der Waals surface area contributed by atoms with E-state index in [1.54, 1.807) is 4.52 Å². The Labute approximate surface area is 163 Å². The number of hydrogen-bond acceptors (Lipinski definition) is 5. The molecule has 0 atom stereocenters. The van der Waals surface area contributed by atoms with Crippen LogP contribution in [0.4, 0.5) is 0 Å². The highest BCUT2D eigenvalue weighted by atomic mass is 32.1. The number of carbonyl (C=O) groups is 1. The van der Waals surface area contributed by atoms with Crippen LogP contribution in [-0.4, -0.2) is 32.0 Å². The van der Waals surface area contributed by atoms with Gasteiger partial charge in [0, 0.05) is 29.2 Å². The number of nitrogens with one attached hydrogen (secondary N) is 1. The summed E-state index contributed by atoms with van der Waals surface area (Å²) in [6.45, 7) is 6.40. The molecule has 1 aliphatic carbocycles. The van der Waals surface area contributed by atoms with E-state index < -0.39 is 0 Å². The van der Waals surface area contributed by atoms with Crippen molar-refractivity contribution in [1.29, 1.82) is 0 Å². The van der Waals surface area contributed by atoms with Crippen LogP contribution in [0.1, 0.15) is 62.3 Å². The smallest absolute Gasteiger partial charge is 0.257 e. The molecule has 0 saturated carbocycles. The first-order valence-corrected chi connectivity index (χ1v) is 10.4. The highest BCUT2D eigenvalue weighted by Gasteiger charge is 2.19. The van der Waals surface area contributed by atoms with Crippen LogP contribution in [0, 0.1) is 20.8 Å². The van der Waals surface area contributed by atoms with Gasteiger partial charge < -0.3 is 5.32 Å². The number of rotatable bonds is 5. The molecular formula is C20H25N5OS. The van der Waals surface area contributed by atoms with Gasteiger partial charge in [0.2, 0.25) is 0 Å². The average Bonchev–Trinajstić information content (AvgIpc) is 3.18. The molecule has 1 amide bonds. The Balaban J connectivity index is 1.39. The van der Waals surface area contributed by atoms with E-state index in [4.69, 9.17) is 4.98 Å². The third kappa shape index (κ3) is 3.60. The molecule has 6 nitrogen and oxygen atoms in total. The summed E-state index contributed by atoms with van der Waals surface area (Å²) in [5, 5.41) is 8.71. The molecule has 1 N–H and O–H groups in total. The van der Waals surface area contributed by atoms with Crippen molar-refractivity contribution in [2.24, 2.45) is 0 Å². The number of aryl methyl sites for hydroxylation is 6. The van der Waals surface area contributed by atoms with Crippen molar-refractivity contribution >= 4 is 22.9 Å². The fourth-order valence-electron chi connectivity index (χ4n) is 3.74. The van der Waals surface area contributed by atoms with Crippen LogP contribution in [0.3, 0.4) is 0 Å². The number of hydrogen-bond donors (Lipinski definition) is 1. The number of thiazole rings is 1. The van der Waals surface area contributed by atoms with Gasteiger partial charge in [0.25, 0.3) is 5.91 Å². The maximum absolute atomic E-state index is 12.7. The Morgan fingerprint density at radius 1 is 1.22 bits per heavy atom. The third-order valence-corrected chi connectivity index (χ3v) is 6.26. The van der Waals surface area contributed by atoms with E-state index in [2.05, 4.69) is 15.4 Å². The Kier molecular flexibility index (Phi) is 4.95. The Morgan fingerprint density at radius 3 is 2.85 bits per heavy atom. The highest BCUT2D eigenvalue weighted by Crippen LogP contribution is 2.27. The molecule has 0 aromatic carbocycles. The number of fused-ring (bicyclic) bond motifs is 2. The molecule has 0 fully saturated rings. The fourth-order valence-corrected chi connectivity index (χ4v) is 4.93. The van der Waals surface area contributed by atoms with Crippen molar-refractivity contribution in [1.82, 2.24) is 24.9 Å². The summed E-state index contributed by atoms with van der Waals surface area (Å²) in [5.41, 5.74) is 5.10. The monoisotopic (exact) mass is 383 g/mol. The maximum atomic E-state index is 12.7. The number of carbonyl (C=O) groups excluding carboxylic acids is 1. The second-order valence-electron chi connectivity index (χ2n) is 7.28. The molecule has 27 heavy (non-hydrogen) atoms. The lowest BCUT2D eigenvalue weighted by atomic mass is 10.0. The molecule has 4 rings (SSSR count). The van der Waals surface area contributed by atoms with Crippen LogP contribution in [0.2, 0.25) is 0 Å². The third-order valence-electron chi connectivity index (χ3n) is 5.04. The van der Waals surface area contributed by atoms with Crippen LogP contribution >= 0.6 is 11.3 Å². The molecule has 0 bridgehead atoms. The van der Waals surface area contributed by atoms with Crippen molar-refractivity contribution in [3.8, 4) is 0 Å². The van der Waals surface area contributed by atoms with Gasteiger partial charge in [0.1, 0.15) is 5.56 Å². The minimum Gasteiger partial charge on any atom is -0.352 e. The molecule has 0 spiro atoms. The summed E-state index contributed by atoms with van der Waals surface area (Å²) in [6, 6.07) is 1.97. The first-order chi connectivity index (χ1) is 13.0. The summed E-state index contributed by atoms with van der Waals surface area (Å²) in [7, 11) is 0. The normalized spacial score (nSPS) is 13.7. The van der Waals surface area contributed by atoms with Crippen molar-refractivity contribution < 1.29 is 4.79 Å². The van der Waals surface area contributed by atoms with Gasteiger partial charge in [0.15, 0.2) is 5.65 Å². The average molecular weight is 384 g/mol. The van der Waals surface area contributed by atoms with Crippen LogP contribution in [0.25, 0.3) is 5.65 Å². The molecule has 3 aromatic rings. The predicted molar refractivity (Wildman–Crippen MR) is 107 cm³/mol. The molecule has 0 unspecified atom stereocenters. The lowest BCUT2D eigenvalue weighted by molar-refractivity contribution is 0.0954. The summed E-state index contributed by atoms with van der Waals surface area (Å²) < 4.78 is 1.75. The predicted octanol–water partition coefficient (Wildman–Crippen LogP) is 3.35. The van der Waals surface area contributed by atoms with E-state index in [0.29, 0.717) is 23.4 Å². The van der Waals surface area contributed by atoms with Gasteiger partial charge >= 0.3 is 0 Å². The minimum atomic E-state index is -0.0987. The van der Waals surface area contributed by atoms with Gasteiger partial charge in [-0.1, -0.05) is 0 Å². The molecular weight excluding hydrogens is 358 g/mol. The van der Waals surface area contributed by atoms with E-state index in [0.717, 1.165) is 30.7 Å². The van der Waals surface area contributed by atoms with Crippen molar-refractivity contribution in [2.75, 3.05) is 6.54 Å². The van der Waals surface area contributed by atoms with Crippen LogP contribution in [0.5, 0.6) is 0 Å². The fraction of sp³-hybridized carbons (Fsp3) is 0.500. The Hall–Kier alpha value is -2.28. The van der Waals surface area contributed by atoms with E-state index in [1.807, 2.05) is 38.2 Å². The van der Waals surface area contributed by atoms with Gasteiger partial charge in [-0.25, -0.2) is 14.5 Å². The van der Waals surface area contributed by atoms with E-state index in [9.17, 15) is 4.79 Å². The second-order valence-corrected chi connectivity index (χ2v) is 8.45. The van der Waals surface area contributed by atoms with Gasteiger partial charge in [0.05, 0.1) is 16.4 Å². The SMILES string of the molecule is Cc1cc(C)n2nc(C)c(C(=O)NCCCc3nc4c(s3)CCCC4)c2n1. The summed E-state index contributed by atoms with van der Waals surface area (Å²) >= 11 is 1.85. The van der Waals surface area contributed by atoms with Crippen molar-refractivity contribution in [2.45, 2.75) is 59.3 Å². The van der Waals surface area contributed by atoms with E-state index >= 15 is 0 Å². The first kappa shape index (κ1) is 18.1. The topological polar surface area (TPSA) is 72.2 Å². The number of aromatic nitrogens is 4. The summed E-state index contributed by atoms with van der Waals surface area (Å²) in [4.78, 5) is 23.5. The largest absolute Gasteiger partial charge is 0.352 e. The molecule has 0 aliphatic heterocycles. The van der Waals surface area contributed by atoms with Crippen LogP contribution in [0.15, 0.2) is 6.07 Å². The standard InChI is InChI=1S/C20H25N5OS/c1-12-11-13(2)25-19(22-12)18(14(3)24-25)20(26)21-10-6-9-17-23-15-7-4-5-8-16(15)27-17/h11H,4-10H2,1-3H3,(H,21,26). The molecule has 142 valence electrons. The van der Waals surface area contributed by atoms with E-state index in [1.165, 1.54) is 34.8 Å². The zero-order valence-electron chi connectivity index (χ0n) is 16.1. The second kappa shape index (κ2) is 7.38. The highest BCUT2D eigenvalue weighted by molar-refractivity contribution is 7.11. The molecule has 3 aromatic heterocycles. The maximum Gasteiger partial charge on any atom is 0.257 e. The Morgan fingerprint density at radius 2 is 2.04 bits per heavy atom. The molecule has 0 saturated heterocycles. The molecule has 0 radical (unpaired) electrons. The van der Waals surface area contributed by atoms with Gasteiger partial charge in [-0.3, -0.25) is 4.79 Å². The quantitative estimate of drug-likeness (QED) is 0.686. The number of nitrogens with zero attached hydrogens (tertiary/aromatic N) is 4. The first-order valence-electron chi connectivity index (χ1n) is 9.62. The van der Waals surface area contributed by atoms with Gasteiger partial charge in [-0.2, -0.15) is 5.10 Å². The zero-order valence-corrected chi connectivity index (χ0v) is 16.9. The summed E-state index contributed by atoms with van der Waals surface area (Å²) in [5.74, 6) is -0.0987. The molecule has 1 aliphatic rings. The lowest BCUT2D eigenvalue weighted by Gasteiger charge is -2.06. The Bertz CT molecular complexity index is 980. The van der Waals surface area contributed by atoms with E-state index in [-0.39, 0.29) is 5.91 Å². The lowest BCUT2D eigenvalue weighted by Crippen LogP contribution is -2.25. The van der Waals surface area contributed by atoms with Crippen molar-refractivity contribution in [3.63, 3.8) is 0 Å². The van der Waals surface area contributed by atoms with Crippen LogP contribution in [-0.2, 0) is 19.3 Å². The van der Waals surface area contributed by atoms with Crippen LogP contribution < -0.4 is 5.32 Å². The summed E-state index contributed by atoms with van der Waals surface area (Å²) in [6.07, 6.45) is 6.67. The molecule has 3 heterocycles. The molecule has 7 heteroatoms.